The normalized spacial score (nSPS) is 13.0. The molecule has 8 heteroatoms. The number of nitrogens with two attached hydrogens (primary N) is 1. The van der Waals surface area contributed by atoms with Crippen LogP contribution in [0.5, 0.6) is 11.5 Å². The average Bonchev–Trinajstić information content (AvgIpc) is 2.60. The number of anilines is 1. The molecule has 0 bridgehead atoms. The molecule has 6 nitrogen and oxygen atoms in total. The summed E-state index contributed by atoms with van der Waals surface area (Å²) in [6, 6.07) is 10.6. The Morgan fingerprint density at radius 1 is 1.20 bits per heavy atom. The van der Waals surface area contributed by atoms with Gasteiger partial charge in [-0.1, -0.05) is 13.0 Å². The van der Waals surface area contributed by atoms with Crippen molar-refractivity contribution < 1.29 is 14.3 Å². The first kappa shape index (κ1) is 21.0. The molecule has 1 aromatic carbocycles. The fourth-order valence-corrected chi connectivity index (χ4v) is 2.27. The number of benzene rings is 1. The van der Waals surface area contributed by atoms with E-state index in [0.29, 0.717) is 31.2 Å². The lowest BCUT2D eigenvalue weighted by atomic mass is 10.1. The van der Waals surface area contributed by atoms with Crippen LogP contribution in [0.3, 0.4) is 0 Å². The minimum atomic E-state index is -0.533. The van der Waals surface area contributed by atoms with Gasteiger partial charge in [-0.3, -0.25) is 4.79 Å². The van der Waals surface area contributed by atoms with E-state index < -0.39 is 6.04 Å². The average molecular weight is 386 g/mol. The molecule has 1 aliphatic rings. The van der Waals surface area contributed by atoms with Crippen LogP contribution in [0.2, 0.25) is 0 Å². The molecular weight excluding hydrogens is 365 g/mol. The maximum Gasteiger partial charge on any atom is 0.242 e. The van der Waals surface area contributed by atoms with Crippen molar-refractivity contribution in [2.45, 2.75) is 19.4 Å². The second-order valence-corrected chi connectivity index (χ2v) is 5.27. The molecule has 1 aliphatic heterocycles. The van der Waals surface area contributed by atoms with E-state index in [4.69, 9.17) is 15.2 Å². The number of hydrogen-bond donors (Lipinski definition) is 2. The molecule has 2 aromatic rings. The van der Waals surface area contributed by atoms with Crippen LogP contribution >= 0.6 is 24.8 Å². The Labute approximate surface area is 158 Å². The van der Waals surface area contributed by atoms with E-state index in [-0.39, 0.29) is 30.7 Å². The molecule has 3 rings (SSSR count). The predicted molar refractivity (Wildman–Crippen MR) is 102 cm³/mol. The minimum absolute atomic E-state index is 0. The van der Waals surface area contributed by atoms with E-state index in [1.54, 1.807) is 6.07 Å². The van der Waals surface area contributed by atoms with Crippen LogP contribution in [-0.2, 0) is 4.79 Å². The molecule has 0 fully saturated rings. The fourth-order valence-electron chi connectivity index (χ4n) is 2.27. The quantitative estimate of drug-likeness (QED) is 0.844. The number of ether oxygens (including phenoxy) is 2. The summed E-state index contributed by atoms with van der Waals surface area (Å²) in [7, 11) is 0. The lowest BCUT2D eigenvalue weighted by molar-refractivity contribution is -0.117. The van der Waals surface area contributed by atoms with Crippen molar-refractivity contribution in [3.05, 3.63) is 36.4 Å². The van der Waals surface area contributed by atoms with Gasteiger partial charge in [0.25, 0.3) is 0 Å². The number of halogens is 2. The smallest absolute Gasteiger partial charge is 0.242 e. The third-order valence-corrected chi connectivity index (χ3v) is 3.61. The first-order valence-electron chi connectivity index (χ1n) is 7.61. The number of hydrogen-bond acceptors (Lipinski definition) is 5. The highest BCUT2D eigenvalue weighted by molar-refractivity contribution is 5.94. The molecular formula is C17H21Cl2N3O3. The van der Waals surface area contributed by atoms with Crippen molar-refractivity contribution in [1.82, 2.24) is 4.98 Å². The van der Waals surface area contributed by atoms with E-state index in [9.17, 15) is 4.79 Å². The highest BCUT2D eigenvalue weighted by Crippen LogP contribution is 2.34. The van der Waals surface area contributed by atoms with Crippen molar-refractivity contribution in [3.8, 4) is 22.8 Å². The first-order valence-corrected chi connectivity index (χ1v) is 7.61. The summed E-state index contributed by atoms with van der Waals surface area (Å²) in [5.41, 5.74) is 7.35. The van der Waals surface area contributed by atoms with Crippen molar-refractivity contribution >= 4 is 36.5 Å². The van der Waals surface area contributed by atoms with Crippen LogP contribution in [0.1, 0.15) is 13.3 Å². The number of rotatable bonds is 4. The molecule has 2 heterocycles. The summed E-state index contributed by atoms with van der Waals surface area (Å²) >= 11 is 0. The summed E-state index contributed by atoms with van der Waals surface area (Å²) < 4.78 is 11.1. The van der Waals surface area contributed by atoms with Gasteiger partial charge < -0.3 is 20.5 Å². The van der Waals surface area contributed by atoms with Crippen molar-refractivity contribution in [2.24, 2.45) is 5.73 Å². The van der Waals surface area contributed by atoms with E-state index in [2.05, 4.69) is 10.3 Å². The molecule has 136 valence electrons. The highest BCUT2D eigenvalue weighted by Gasteiger charge is 2.14. The van der Waals surface area contributed by atoms with Gasteiger partial charge in [-0.15, -0.1) is 24.8 Å². The van der Waals surface area contributed by atoms with Gasteiger partial charge in [-0.25, -0.2) is 4.98 Å². The number of nitrogens with one attached hydrogen (secondary N) is 1. The van der Waals surface area contributed by atoms with E-state index in [0.717, 1.165) is 17.0 Å². The number of nitrogens with zero attached hydrogens (tertiary/aromatic N) is 1. The standard InChI is InChI=1S/C17H19N3O3.2ClH/c1-2-12(18)17(21)20-16-5-3-4-13(19-16)11-6-7-14-15(10-11)23-9-8-22-14;;/h3-7,10,12H,2,8-9,18H2,1H3,(H,19,20,21);2*1H/t12-;;/m0../s1. The van der Waals surface area contributed by atoms with Crippen LogP contribution in [0.15, 0.2) is 36.4 Å². The zero-order valence-corrected chi connectivity index (χ0v) is 15.4. The van der Waals surface area contributed by atoms with Crippen LogP contribution in [-0.4, -0.2) is 30.1 Å². The maximum atomic E-state index is 11.9. The van der Waals surface area contributed by atoms with Gasteiger partial charge in [0.1, 0.15) is 19.0 Å². The highest BCUT2D eigenvalue weighted by atomic mass is 35.5. The Bertz CT molecular complexity index is 728. The number of aromatic nitrogens is 1. The summed E-state index contributed by atoms with van der Waals surface area (Å²) in [5.74, 6) is 1.68. The van der Waals surface area contributed by atoms with Crippen LogP contribution in [0.25, 0.3) is 11.3 Å². The number of fused-ring (bicyclic) bond motifs is 1. The SMILES string of the molecule is CC[C@H](N)C(=O)Nc1cccc(-c2ccc3c(c2)OCCO3)n1.Cl.Cl. The van der Waals surface area contributed by atoms with E-state index >= 15 is 0 Å². The molecule has 0 unspecified atom stereocenters. The number of carbonyl (C=O) groups is 1. The van der Waals surface area contributed by atoms with E-state index in [1.807, 2.05) is 37.3 Å². The molecule has 0 radical (unpaired) electrons. The van der Waals surface area contributed by atoms with E-state index in [1.165, 1.54) is 0 Å². The molecule has 3 N–H and O–H groups in total. The van der Waals surface area contributed by atoms with Gasteiger partial charge in [-0.05, 0) is 36.8 Å². The Hall–Kier alpha value is -2.02. The second-order valence-electron chi connectivity index (χ2n) is 5.27. The van der Waals surface area contributed by atoms with Gasteiger partial charge in [-0.2, -0.15) is 0 Å². The van der Waals surface area contributed by atoms with Gasteiger partial charge in [0.2, 0.25) is 5.91 Å². The van der Waals surface area contributed by atoms with Crippen molar-refractivity contribution in [2.75, 3.05) is 18.5 Å². The molecule has 1 atom stereocenters. The largest absolute Gasteiger partial charge is 0.486 e. The zero-order valence-electron chi connectivity index (χ0n) is 13.7. The third-order valence-electron chi connectivity index (χ3n) is 3.61. The Morgan fingerprint density at radius 3 is 2.64 bits per heavy atom. The van der Waals surface area contributed by atoms with Crippen LogP contribution < -0.4 is 20.5 Å². The van der Waals surface area contributed by atoms with Crippen molar-refractivity contribution in [3.63, 3.8) is 0 Å². The third kappa shape index (κ3) is 4.98. The fraction of sp³-hybridized carbons (Fsp3) is 0.294. The Balaban J connectivity index is 0.00000156. The molecule has 1 aromatic heterocycles. The van der Waals surface area contributed by atoms with Crippen molar-refractivity contribution in [1.29, 1.82) is 0 Å². The Morgan fingerprint density at radius 2 is 1.92 bits per heavy atom. The molecule has 0 saturated carbocycles. The maximum absolute atomic E-state index is 11.9. The van der Waals surface area contributed by atoms with Crippen LogP contribution in [0, 0.1) is 0 Å². The first-order chi connectivity index (χ1) is 11.2. The Kier molecular flexibility index (Phi) is 7.96. The van der Waals surface area contributed by atoms with Crippen LogP contribution in [0.4, 0.5) is 5.82 Å². The number of amides is 1. The lowest BCUT2D eigenvalue weighted by Crippen LogP contribution is -2.35. The second kappa shape index (κ2) is 9.46. The lowest BCUT2D eigenvalue weighted by Gasteiger charge is -2.18. The predicted octanol–water partition coefficient (Wildman–Crippen LogP) is 3.04. The summed E-state index contributed by atoms with van der Waals surface area (Å²) in [5, 5.41) is 2.73. The van der Waals surface area contributed by atoms with Gasteiger partial charge in [0.05, 0.1) is 11.7 Å². The topological polar surface area (TPSA) is 86.5 Å². The minimum Gasteiger partial charge on any atom is -0.486 e. The monoisotopic (exact) mass is 385 g/mol. The molecule has 0 saturated heterocycles. The van der Waals surface area contributed by atoms with Gasteiger partial charge >= 0.3 is 0 Å². The number of carbonyl (C=O) groups excluding carboxylic acids is 1. The molecule has 0 aliphatic carbocycles. The molecule has 25 heavy (non-hydrogen) atoms. The summed E-state index contributed by atoms with van der Waals surface area (Å²) in [6.07, 6.45) is 0.577. The van der Waals surface area contributed by atoms with Gasteiger partial charge in [0.15, 0.2) is 11.5 Å². The number of pyridine rings is 1. The van der Waals surface area contributed by atoms with Gasteiger partial charge in [0, 0.05) is 5.56 Å². The zero-order chi connectivity index (χ0) is 16.2. The summed E-state index contributed by atoms with van der Waals surface area (Å²) in [6.45, 7) is 2.96. The summed E-state index contributed by atoms with van der Waals surface area (Å²) in [4.78, 5) is 16.3. The molecule has 0 spiro atoms. The molecule has 1 amide bonds.